The molecule has 0 atom stereocenters. The molecule has 0 fully saturated rings. The molecule has 0 saturated carbocycles. The molecular weight excluding hydrogens is 417 g/mol. The van der Waals surface area contributed by atoms with Crippen LogP contribution in [0, 0.1) is 0 Å². The lowest BCUT2D eigenvalue weighted by atomic mass is 9.97. The van der Waals surface area contributed by atoms with Gasteiger partial charge in [0.25, 0.3) is 0 Å². The molecule has 0 aliphatic carbocycles. The molecule has 3 aromatic rings. The Bertz CT molecular complexity index is 781. The van der Waals surface area contributed by atoms with E-state index in [-0.39, 0.29) is 24.0 Å². The second-order valence-corrected chi connectivity index (χ2v) is 6.88. The number of benzene rings is 2. The lowest BCUT2D eigenvalue weighted by Crippen LogP contribution is -1.91. The largest absolute Gasteiger partial charge is 0.256 e. The molecule has 0 spiro atoms. The Hall–Kier alpha value is -1.16. The second kappa shape index (κ2) is 10.7. The van der Waals surface area contributed by atoms with E-state index in [9.17, 15) is 0 Å². The van der Waals surface area contributed by atoms with Crippen LogP contribution in [0.1, 0.15) is 63.9 Å². The molecular formula is C23H30IN. The van der Waals surface area contributed by atoms with E-state index < -0.39 is 0 Å². The minimum absolute atomic E-state index is 0. The molecule has 134 valence electrons. The van der Waals surface area contributed by atoms with Gasteiger partial charge in [-0.25, -0.2) is 0 Å². The number of pyridine rings is 1. The lowest BCUT2D eigenvalue weighted by Gasteiger charge is -2.09. The van der Waals surface area contributed by atoms with E-state index in [0.29, 0.717) is 0 Å². The van der Waals surface area contributed by atoms with Crippen molar-refractivity contribution < 1.29 is 0 Å². The van der Waals surface area contributed by atoms with Gasteiger partial charge in [-0.2, -0.15) is 0 Å². The molecule has 0 N–H and O–H groups in total. The summed E-state index contributed by atoms with van der Waals surface area (Å²) >= 11 is 0. The van der Waals surface area contributed by atoms with Gasteiger partial charge < -0.3 is 0 Å². The number of hydrogen-bond acceptors (Lipinski definition) is 1. The minimum atomic E-state index is 0. The lowest BCUT2D eigenvalue weighted by molar-refractivity contribution is 0.576. The summed E-state index contributed by atoms with van der Waals surface area (Å²) in [4.78, 5) is 4.66. The van der Waals surface area contributed by atoms with Crippen LogP contribution in [-0.4, -0.2) is 4.98 Å². The minimum Gasteiger partial charge on any atom is -0.256 e. The first kappa shape index (κ1) is 20.2. The zero-order chi connectivity index (χ0) is 16.6. The standard InChI is InChI=1S/C23H29N.HI/c1-2-3-4-5-6-7-8-9-13-19-15-12-17-22-23(19)21-16-11-10-14-20(21)18-24-22;/h10-12,14-18H,2-9,13H2,1H3;1H. The van der Waals surface area contributed by atoms with Crippen LogP contribution in [0.2, 0.25) is 0 Å². The van der Waals surface area contributed by atoms with Crippen LogP contribution in [0.4, 0.5) is 0 Å². The third-order valence-electron chi connectivity index (χ3n) is 5.00. The molecule has 2 heteroatoms. The van der Waals surface area contributed by atoms with E-state index in [2.05, 4.69) is 54.4 Å². The van der Waals surface area contributed by atoms with Gasteiger partial charge in [-0.1, -0.05) is 88.3 Å². The Labute approximate surface area is 169 Å². The van der Waals surface area contributed by atoms with Crippen molar-refractivity contribution in [3.05, 3.63) is 54.2 Å². The van der Waals surface area contributed by atoms with Crippen LogP contribution >= 0.6 is 24.0 Å². The second-order valence-electron chi connectivity index (χ2n) is 6.88. The fraction of sp³-hybridized carbons (Fsp3) is 0.435. The summed E-state index contributed by atoms with van der Waals surface area (Å²) < 4.78 is 0. The number of unbranched alkanes of at least 4 members (excludes halogenated alkanes) is 7. The van der Waals surface area contributed by atoms with Crippen LogP contribution in [-0.2, 0) is 6.42 Å². The average molecular weight is 447 g/mol. The van der Waals surface area contributed by atoms with Crippen molar-refractivity contribution in [2.45, 2.75) is 64.7 Å². The van der Waals surface area contributed by atoms with Gasteiger partial charge >= 0.3 is 0 Å². The summed E-state index contributed by atoms with van der Waals surface area (Å²) in [5.74, 6) is 0. The Kier molecular flexibility index (Phi) is 8.66. The molecule has 3 rings (SSSR count). The maximum Gasteiger partial charge on any atom is 0.0711 e. The first-order valence-electron chi connectivity index (χ1n) is 9.65. The predicted octanol–water partition coefficient (Wildman–Crippen LogP) is 7.69. The van der Waals surface area contributed by atoms with E-state index in [4.69, 9.17) is 0 Å². The highest BCUT2D eigenvalue weighted by molar-refractivity contribution is 14.0. The van der Waals surface area contributed by atoms with E-state index in [1.807, 2.05) is 6.20 Å². The maximum atomic E-state index is 4.66. The third-order valence-corrected chi connectivity index (χ3v) is 5.00. The van der Waals surface area contributed by atoms with Crippen LogP contribution < -0.4 is 0 Å². The first-order valence-corrected chi connectivity index (χ1v) is 9.65. The highest BCUT2D eigenvalue weighted by Crippen LogP contribution is 2.27. The van der Waals surface area contributed by atoms with Crippen molar-refractivity contribution in [2.75, 3.05) is 0 Å². The number of fused-ring (bicyclic) bond motifs is 3. The summed E-state index contributed by atoms with van der Waals surface area (Å²) in [5.41, 5.74) is 2.59. The normalized spacial score (nSPS) is 10.9. The summed E-state index contributed by atoms with van der Waals surface area (Å²) in [6, 6.07) is 15.2. The summed E-state index contributed by atoms with van der Waals surface area (Å²) in [5, 5.41) is 3.95. The maximum absolute atomic E-state index is 4.66. The summed E-state index contributed by atoms with van der Waals surface area (Å²) in [6.45, 7) is 2.28. The van der Waals surface area contributed by atoms with Crippen LogP contribution in [0.25, 0.3) is 21.7 Å². The van der Waals surface area contributed by atoms with Gasteiger partial charge in [-0.05, 0) is 29.9 Å². The predicted molar refractivity (Wildman–Crippen MR) is 121 cm³/mol. The van der Waals surface area contributed by atoms with Crippen molar-refractivity contribution >= 4 is 45.7 Å². The van der Waals surface area contributed by atoms with Gasteiger partial charge in [-0.3, -0.25) is 4.98 Å². The van der Waals surface area contributed by atoms with Crippen LogP contribution in [0.15, 0.2) is 48.7 Å². The van der Waals surface area contributed by atoms with Crippen molar-refractivity contribution in [3.63, 3.8) is 0 Å². The molecule has 2 aromatic carbocycles. The topological polar surface area (TPSA) is 12.9 Å². The summed E-state index contributed by atoms with van der Waals surface area (Å²) in [7, 11) is 0. The Morgan fingerprint density at radius 3 is 2.28 bits per heavy atom. The molecule has 0 radical (unpaired) electrons. The molecule has 0 saturated heterocycles. The molecule has 1 nitrogen and oxygen atoms in total. The van der Waals surface area contributed by atoms with E-state index in [1.54, 1.807) is 0 Å². The molecule has 0 aliphatic heterocycles. The van der Waals surface area contributed by atoms with Gasteiger partial charge in [0, 0.05) is 17.0 Å². The number of aryl methyl sites for hydroxylation is 1. The molecule has 0 amide bonds. The van der Waals surface area contributed by atoms with Crippen LogP contribution in [0.5, 0.6) is 0 Å². The molecule has 1 aromatic heterocycles. The van der Waals surface area contributed by atoms with Crippen molar-refractivity contribution in [1.82, 2.24) is 4.98 Å². The fourth-order valence-electron chi connectivity index (χ4n) is 3.64. The van der Waals surface area contributed by atoms with E-state index >= 15 is 0 Å². The number of hydrogen-bond donors (Lipinski definition) is 0. The van der Waals surface area contributed by atoms with Crippen molar-refractivity contribution in [1.29, 1.82) is 0 Å². The Morgan fingerprint density at radius 1 is 0.760 bits per heavy atom. The third kappa shape index (κ3) is 5.40. The van der Waals surface area contributed by atoms with Gasteiger partial charge in [0.2, 0.25) is 0 Å². The molecule has 0 bridgehead atoms. The van der Waals surface area contributed by atoms with E-state index in [0.717, 1.165) is 5.52 Å². The first-order chi connectivity index (χ1) is 11.9. The molecule has 0 unspecified atom stereocenters. The van der Waals surface area contributed by atoms with Crippen molar-refractivity contribution in [2.24, 2.45) is 0 Å². The summed E-state index contributed by atoms with van der Waals surface area (Å²) in [6.07, 6.45) is 14.2. The van der Waals surface area contributed by atoms with Crippen molar-refractivity contribution in [3.8, 4) is 0 Å². The molecule has 25 heavy (non-hydrogen) atoms. The SMILES string of the molecule is CCCCCCCCCCc1cccc2ncc3ccccc3c12.I. The number of halogens is 1. The van der Waals surface area contributed by atoms with Crippen LogP contribution in [0.3, 0.4) is 0 Å². The van der Waals surface area contributed by atoms with Gasteiger partial charge in [0.1, 0.15) is 0 Å². The van der Waals surface area contributed by atoms with E-state index in [1.165, 1.54) is 79.5 Å². The Balaban J connectivity index is 0.00000225. The fourth-order valence-corrected chi connectivity index (χ4v) is 3.64. The van der Waals surface area contributed by atoms with Gasteiger partial charge in [0.05, 0.1) is 5.52 Å². The molecule has 0 aliphatic rings. The quantitative estimate of drug-likeness (QED) is 0.186. The molecule has 1 heterocycles. The van der Waals surface area contributed by atoms with Gasteiger partial charge in [-0.15, -0.1) is 24.0 Å². The zero-order valence-corrected chi connectivity index (χ0v) is 17.7. The average Bonchev–Trinajstić information content (AvgIpc) is 2.63. The Morgan fingerprint density at radius 2 is 1.48 bits per heavy atom. The zero-order valence-electron chi connectivity index (χ0n) is 15.3. The number of rotatable bonds is 9. The van der Waals surface area contributed by atoms with Gasteiger partial charge in [0.15, 0.2) is 0 Å². The monoisotopic (exact) mass is 447 g/mol. The smallest absolute Gasteiger partial charge is 0.0711 e. The number of aromatic nitrogens is 1. The highest BCUT2D eigenvalue weighted by atomic mass is 127. The highest BCUT2D eigenvalue weighted by Gasteiger charge is 2.06. The number of nitrogens with zero attached hydrogens (tertiary/aromatic N) is 1.